The van der Waals surface area contributed by atoms with Gasteiger partial charge in [-0.15, -0.1) is 0 Å². The molecule has 9 nitrogen and oxygen atoms in total. The molecule has 2 heterocycles. The van der Waals surface area contributed by atoms with E-state index in [-0.39, 0.29) is 30.4 Å². The molecule has 0 saturated carbocycles. The van der Waals surface area contributed by atoms with Crippen molar-refractivity contribution in [2.24, 2.45) is 0 Å². The number of aromatic nitrogens is 2. The van der Waals surface area contributed by atoms with E-state index in [1.54, 1.807) is 24.7 Å². The first-order valence-electron chi connectivity index (χ1n) is 12.1. The van der Waals surface area contributed by atoms with Crippen LogP contribution in [0.4, 0.5) is 0 Å². The van der Waals surface area contributed by atoms with Crippen molar-refractivity contribution in [1.82, 2.24) is 25.1 Å². The van der Waals surface area contributed by atoms with Crippen molar-refractivity contribution in [2.75, 3.05) is 13.7 Å². The molecule has 0 unspecified atom stereocenters. The van der Waals surface area contributed by atoms with Gasteiger partial charge in [-0.3, -0.25) is 14.4 Å². The van der Waals surface area contributed by atoms with Gasteiger partial charge in [0.1, 0.15) is 17.0 Å². The minimum atomic E-state index is -1.15. The van der Waals surface area contributed by atoms with Crippen LogP contribution in [0.1, 0.15) is 52.4 Å². The van der Waals surface area contributed by atoms with Crippen LogP contribution in [0.2, 0.25) is 5.02 Å². The number of halogens is 1. The first-order chi connectivity index (χ1) is 17.8. The molecule has 0 fully saturated rings. The second kappa shape index (κ2) is 11.0. The van der Waals surface area contributed by atoms with Gasteiger partial charge >= 0.3 is 0 Å². The third-order valence-corrected chi connectivity index (χ3v) is 6.89. The molecule has 2 aromatic carbocycles. The molecule has 194 valence electrons. The minimum Gasteiger partial charge on any atom is -0.497 e. The number of hydrogen-bond donors (Lipinski definition) is 2. The standard InChI is InChI=1S/C27H30ClN5O4/c1-4-13-33-25(35)23-22(24(34)29-15-19-7-5-6-8-21(19)28)31-17-32(23)16-27(33,2)26(36)30-14-18-9-11-20(37-3)12-10-18/h5-12,17H,4,13-16H2,1-3H3,(H,29,34)(H,30,36)/t27-/m1/s1. The summed E-state index contributed by atoms with van der Waals surface area (Å²) in [6, 6.07) is 14.6. The zero-order chi connectivity index (χ0) is 26.6. The molecular weight excluding hydrogens is 494 g/mol. The minimum absolute atomic E-state index is 0.0267. The maximum absolute atomic E-state index is 13.7. The van der Waals surface area contributed by atoms with Crippen LogP contribution in [0.15, 0.2) is 54.9 Å². The highest BCUT2D eigenvalue weighted by Crippen LogP contribution is 2.29. The van der Waals surface area contributed by atoms with Gasteiger partial charge in [-0.25, -0.2) is 4.98 Å². The number of nitrogens with one attached hydrogen (secondary N) is 2. The number of ether oxygens (including phenoxy) is 1. The van der Waals surface area contributed by atoms with E-state index in [0.717, 1.165) is 16.9 Å². The molecule has 0 aliphatic carbocycles. The zero-order valence-corrected chi connectivity index (χ0v) is 21.8. The van der Waals surface area contributed by atoms with Gasteiger partial charge in [0.05, 0.1) is 20.0 Å². The Bertz CT molecular complexity index is 1310. The first-order valence-corrected chi connectivity index (χ1v) is 12.5. The van der Waals surface area contributed by atoms with Gasteiger partial charge in [0.15, 0.2) is 5.69 Å². The molecule has 37 heavy (non-hydrogen) atoms. The summed E-state index contributed by atoms with van der Waals surface area (Å²) in [6.45, 7) is 4.71. The lowest BCUT2D eigenvalue weighted by molar-refractivity contribution is -0.133. The molecule has 2 N–H and O–H groups in total. The number of nitrogens with zero attached hydrogens (tertiary/aromatic N) is 3. The van der Waals surface area contributed by atoms with Crippen LogP contribution < -0.4 is 15.4 Å². The van der Waals surface area contributed by atoms with E-state index in [4.69, 9.17) is 16.3 Å². The lowest BCUT2D eigenvalue weighted by Crippen LogP contribution is -2.64. The number of rotatable bonds is 9. The van der Waals surface area contributed by atoms with Gasteiger partial charge in [-0.2, -0.15) is 0 Å². The second-order valence-electron chi connectivity index (χ2n) is 9.11. The van der Waals surface area contributed by atoms with Crippen molar-refractivity contribution in [1.29, 1.82) is 0 Å². The molecule has 1 aromatic heterocycles. The normalized spacial score (nSPS) is 16.8. The molecule has 0 spiro atoms. The lowest BCUT2D eigenvalue weighted by Gasteiger charge is -2.43. The molecule has 0 bridgehead atoms. The number of methoxy groups -OCH3 is 1. The molecule has 0 saturated heterocycles. The number of amides is 3. The molecule has 3 amide bonds. The summed E-state index contributed by atoms with van der Waals surface area (Å²) in [5.74, 6) is -0.441. The Morgan fingerprint density at radius 3 is 2.51 bits per heavy atom. The number of benzene rings is 2. The third kappa shape index (κ3) is 5.32. The summed E-state index contributed by atoms with van der Waals surface area (Å²) in [5, 5.41) is 6.29. The Hall–Kier alpha value is -3.85. The summed E-state index contributed by atoms with van der Waals surface area (Å²) >= 11 is 6.19. The molecule has 1 aliphatic rings. The summed E-state index contributed by atoms with van der Waals surface area (Å²) in [7, 11) is 1.60. The highest BCUT2D eigenvalue weighted by Gasteiger charge is 2.48. The number of hydrogen-bond acceptors (Lipinski definition) is 5. The predicted molar refractivity (Wildman–Crippen MR) is 139 cm³/mol. The predicted octanol–water partition coefficient (Wildman–Crippen LogP) is 3.42. The molecule has 0 radical (unpaired) electrons. The van der Waals surface area contributed by atoms with Gasteiger partial charge in [0.25, 0.3) is 11.8 Å². The van der Waals surface area contributed by atoms with Gasteiger partial charge in [-0.1, -0.05) is 48.9 Å². The van der Waals surface area contributed by atoms with E-state index < -0.39 is 17.4 Å². The van der Waals surface area contributed by atoms with E-state index in [2.05, 4.69) is 15.6 Å². The summed E-state index contributed by atoms with van der Waals surface area (Å²) < 4.78 is 6.77. The Morgan fingerprint density at radius 1 is 1.11 bits per heavy atom. The van der Waals surface area contributed by atoms with Crippen LogP contribution in [0.3, 0.4) is 0 Å². The van der Waals surface area contributed by atoms with Gasteiger partial charge < -0.3 is 24.8 Å². The highest BCUT2D eigenvalue weighted by molar-refractivity contribution is 6.31. The Morgan fingerprint density at radius 2 is 1.84 bits per heavy atom. The van der Waals surface area contributed by atoms with Crippen molar-refractivity contribution < 1.29 is 19.1 Å². The Labute approximate surface area is 220 Å². The van der Waals surface area contributed by atoms with E-state index in [9.17, 15) is 14.4 Å². The molecule has 1 atom stereocenters. The topological polar surface area (TPSA) is 106 Å². The molecule has 10 heteroatoms. The van der Waals surface area contributed by atoms with Gasteiger partial charge in [0.2, 0.25) is 5.91 Å². The van der Waals surface area contributed by atoms with E-state index in [1.807, 2.05) is 49.4 Å². The van der Waals surface area contributed by atoms with Gasteiger partial charge in [-0.05, 0) is 42.7 Å². The van der Waals surface area contributed by atoms with Gasteiger partial charge in [0, 0.05) is 24.7 Å². The average molecular weight is 524 g/mol. The second-order valence-corrected chi connectivity index (χ2v) is 9.51. The smallest absolute Gasteiger partial charge is 0.273 e. The average Bonchev–Trinajstić information content (AvgIpc) is 3.33. The van der Waals surface area contributed by atoms with E-state index in [0.29, 0.717) is 24.5 Å². The van der Waals surface area contributed by atoms with Crippen LogP contribution in [-0.2, 0) is 24.4 Å². The Balaban J connectivity index is 1.53. The fraction of sp³-hybridized carbons (Fsp3) is 0.333. The quantitative estimate of drug-likeness (QED) is 0.447. The maximum Gasteiger partial charge on any atom is 0.273 e. The SMILES string of the molecule is CCCN1C(=O)c2c(C(=O)NCc3ccccc3Cl)ncn2C[C@]1(C)C(=O)NCc1ccc(OC)cc1. The Kier molecular flexibility index (Phi) is 7.83. The van der Waals surface area contributed by atoms with Crippen LogP contribution in [0, 0.1) is 0 Å². The van der Waals surface area contributed by atoms with Crippen molar-refractivity contribution in [3.63, 3.8) is 0 Å². The molecule has 1 aliphatic heterocycles. The molecular formula is C27H30ClN5O4. The van der Waals surface area contributed by atoms with Crippen LogP contribution >= 0.6 is 11.6 Å². The largest absolute Gasteiger partial charge is 0.497 e. The first kappa shape index (κ1) is 26.2. The summed E-state index contributed by atoms with van der Waals surface area (Å²) in [6.07, 6.45) is 2.09. The van der Waals surface area contributed by atoms with Crippen molar-refractivity contribution in [2.45, 2.75) is 45.4 Å². The van der Waals surface area contributed by atoms with E-state index in [1.165, 1.54) is 11.2 Å². The monoisotopic (exact) mass is 523 g/mol. The number of imidazole rings is 1. The van der Waals surface area contributed by atoms with Crippen LogP contribution in [-0.4, -0.2) is 51.4 Å². The van der Waals surface area contributed by atoms with Crippen molar-refractivity contribution in [3.05, 3.63) is 82.4 Å². The van der Waals surface area contributed by atoms with Crippen molar-refractivity contribution in [3.8, 4) is 5.75 Å². The molecule has 3 aromatic rings. The maximum atomic E-state index is 13.7. The lowest BCUT2D eigenvalue weighted by atomic mass is 9.93. The van der Waals surface area contributed by atoms with Crippen molar-refractivity contribution >= 4 is 29.3 Å². The summed E-state index contributed by atoms with van der Waals surface area (Å²) in [5.41, 5.74) is 0.705. The van der Waals surface area contributed by atoms with E-state index >= 15 is 0 Å². The zero-order valence-electron chi connectivity index (χ0n) is 21.1. The number of fused-ring (bicyclic) bond motifs is 1. The summed E-state index contributed by atoms with van der Waals surface area (Å²) in [4.78, 5) is 45.9. The molecule has 4 rings (SSSR count). The fourth-order valence-corrected chi connectivity index (χ4v) is 4.65. The fourth-order valence-electron chi connectivity index (χ4n) is 4.44. The number of carbonyl (C=O) groups excluding carboxylic acids is 3. The third-order valence-electron chi connectivity index (χ3n) is 6.52. The number of carbonyl (C=O) groups is 3. The van der Waals surface area contributed by atoms with Crippen LogP contribution in [0.5, 0.6) is 5.75 Å². The van der Waals surface area contributed by atoms with Crippen LogP contribution in [0.25, 0.3) is 0 Å². The highest BCUT2D eigenvalue weighted by atomic mass is 35.5.